The van der Waals surface area contributed by atoms with E-state index in [4.69, 9.17) is 10.5 Å². The number of nitrogens with two attached hydrogens (primary N) is 1. The van der Waals surface area contributed by atoms with Gasteiger partial charge in [0, 0.05) is 17.9 Å². The molecular weight excluding hydrogens is 803 g/mol. The van der Waals surface area contributed by atoms with Crippen LogP contribution in [0.4, 0.5) is 10.5 Å². The van der Waals surface area contributed by atoms with E-state index >= 15 is 0 Å². The standard InChI is InChI=1S/C50H69N3O10/c1-23(2)10-9-11-24(3)30-15-16-31-29-13-12-26-22-27(18-20-48(26,5)32(29)19-21-49(30,31)6)63-47(61)52-33-17-14-28-25(4)34-36(41(55)35(28)40(33)54)44(58)50(62)38(42(34)56)39(53(7)8)43(57)37(45(50)59)46(51)60/h12,14,17,23-25,27,29-32,34,38-39,42,54,56-58,62H,9-11,13,15-16,18-22H2,1-8H3,(H2,51,60)(H,52,61)/t24-,25+,27?,29?,30+,31?,32?,34-,38-,39+,42-,48-,49+,50-/m0/s1. The molecule has 0 heterocycles. The lowest BCUT2D eigenvalue weighted by Crippen LogP contribution is -2.68. The number of phenols is 1. The minimum absolute atomic E-state index is 0.0566. The first-order valence-corrected chi connectivity index (χ1v) is 23.4. The van der Waals surface area contributed by atoms with Crippen LogP contribution in [0.2, 0.25) is 0 Å². The van der Waals surface area contributed by atoms with Crippen molar-refractivity contribution in [3.63, 3.8) is 0 Å². The van der Waals surface area contributed by atoms with E-state index in [1.54, 1.807) is 6.92 Å². The van der Waals surface area contributed by atoms with Gasteiger partial charge in [0.2, 0.25) is 5.78 Å². The maximum atomic E-state index is 14.4. The van der Waals surface area contributed by atoms with Gasteiger partial charge in [0.05, 0.1) is 29.3 Å². The summed E-state index contributed by atoms with van der Waals surface area (Å²) in [5.74, 6) is -5.55. The van der Waals surface area contributed by atoms with Gasteiger partial charge in [-0.05, 0) is 123 Å². The van der Waals surface area contributed by atoms with Crippen molar-refractivity contribution < 1.29 is 49.4 Å². The highest BCUT2D eigenvalue weighted by Gasteiger charge is 2.67. The zero-order valence-corrected chi connectivity index (χ0v) is 38.2. The summed E-state index contributed by atoms with van der Waals surface area (Å²) in [5, 5.41) is 60.9. The van der Waals surface area contributed by atoms with E-state index in [9.17, 15) is 44.7 Å². The lowest BCUT2D eigenvalue weighted by Gasteiger charge is -2.58. The summed E-state index contributed by atoms with van der Waals surface area (Å²) in [6, 6.07) is 1.63. The molecule has 0 spiro atoms. The van der Waals surface area contributed by atoms with Gasteiger partial charge in [0.1, 0.15) is 23.2 Å². The van der Waals surface area contributed by atoms with Crippen molar-refractivity contribution in [3.05, 3.63) is 57.6 Å². The molecule has 0 saturated heterocycles. The molecule has 0 bridgehead atoms. The molecular formula is C50H69N3O10. The fourth-order valence-corrected chi connectivity index (χ4v) is 14.8. The molecule has 13 nitrogen and oxygen atoms in total. The Labute approximate surface area is 371 Å². The number of likely N-dealkylation sites (N-methyl/N-ethyl adjacent to an activating group) is 1. The molecule has 8 N–H and O–H groups in total. The maximum Gasteiger partial charge on any atom is 0.412 e. The Morgan fingerprint density at radius 3 is 2.38 bits per heavy atom. The molecule has 7 aliphatic rings. The van der Waals surface area contributed by atoms with Gasteiger partial charge in [-0.15, -0.1) is 0 Å². The fourth-order valence-electron chi connectivity index (χ4n) is 14.8. The first-order valence-electron chi connectivity index (χ1n) is 23.4. The molecule has 1 aromatic rings. The first-order chi connectivity index (χ1) is 29.6. The molecule has 14 atom stereocenters. The molecule has 7 aliphatic carbocycles. The smallest absolute Gasteiger partial charge is 0.412 e. The number of hydrogen-bond acceptors (Lipinski definition) is 11. The van der Waals surface area contributed by atoms with Crippen molar-refractivity contribution in [1.82, 2.24) is 4.90 Å². The Hall–Kier alpha value is -4.20. The lowest BCUT2D eigenvalue weighted by molar-refractivity contribution is -0.162. The number of aliphatic hydroxyl groups excluding tert-OH is 3. The number of fused-ring (bicyclic) bond motifs is 8. The fraction of sp³-hybridized carbons (Fsp3) is 0.680. The number of carbonyl (C=O) groups excluding carboxylic acids is 4. The second-order valence-electron chi connectivity index (χ2n) is 21.7. The number of ether oxygens (including phenoxy) is 1. The Morgan fingerprint density at radius 2 is 1.71 bits per heavy atom. The summed E-state index contributed by atoms with van der Waals surface area (Å²) >= 11 is 0. The van der Waals surface area contributed by atoms with Crippen molar-refractivity contribution in [2.45, 2.75) is 142 Å². The summed E-state index contributed by atoms with van der Waals surface area (Å²) in [4.78, 5) is 55.4. The number of nitrogens with zero attached hydrogens (tertiary/aromatic N) is 1. The average Bonchev–Trinajstić information content (AvgIpc) is 3.57. The molecule has 1 aromatic carbocycles. The minimum atomic E-state index is -3.02. The number of primary amides is 1. The van der Waals surface area contributed by atoms with Crippen LogP contribution in [0.1, 0.15) is 134 Å². The summed E-state index contributed by atoms with van der Waals surface area (Å²) in [7, 11) is 2.97. The summed E-state index contributed by atoms with van der Waals surface area (Å²) < 4.78 is 6.01. The van der Waals surface area contributed by atoms with Crippen LogP contribution >= 0.6 is 0 Å². The van der Waals surface area contributed by atoms with E-state index in [-0.39, 0.29) is 22.8 Å². The number of ketones is 2. The third kappa shape index (κ3) is 6.79. The van der Waals surface area contributed by atoms with Gasteiger partial charge in [-0.2, -0.15) is 0 Å². The van der Waals surface area contributed by atoms with Crippen LogP contribution in [-0.2, 0) is 14.3 Å². The van der Waals surface area contributed by atoms with Gasteiger partial charge in [-0.1, -0.05) is 78.5 Å². The number of nitrogens with one attached hydrogen (secondary N) is 1. The number of phenolic OH excluding ortho intramolecular Hbond substituents is 1. The van der Waals surface area contributed by atoms with Gasteiger partial charge < -0.3 is 36.0 Å². The second kappa shape index (κ2) is 16.0. The highest BCUT2D eigenvalue weighted by molar-refractivity contribution is 6.25. The number of amides is 2. The minimum Gasteiger partial charge on any atom is -0.510 e. The number of anilines is 1. The van der Waals surface area contributed by atoms with E-state index < -0.39 is 87.5 Å². The van der Waals surface area contributed by atoms with Crippen LogP contribution in [0.25, 0.3) is 0 Å². The van der Waals surface area contributed by atoms with Crippen LogP contribution < -0.4 is 11.1 Å². The normalized spacial score (nSPS) is 38.8. The molecule has 13 heteroatoms. The molecule has 4 unspecified atom stereocenters. The van der Waals surface area contributed by atoms with Crippen LogP contribution in [0.15, 0.2) is 46.4 Å². The highest BCUT2D eigenvalue weighted by Crippen LogP contribution is 2.67. The Kier molecular flexibility index (Phi) is 11.6. The van der Waals surface area contributed by atoms with Crippen LogP contribution in [0, 0.1) is 58.2 Å². The van der Waals surface area contributed by atoms with E-state index in [0.717, 1.165) is 36.5 Å². The molecule has 3 saturated carbocycles. The number of aliphatic hydroxyl groups is 4. The van der Waals surface area contributed by atoms with Crippen molar-refractivity contribution >= 4 is 29.3 Å². The molecule has 0 radical (unpaired) electrons. The van der Waals surface area contributed by atoms with Crippen LogP contribution in [0.3, 0.4) is 0 Å². The summed E-state index contributed by atoms with van der Waals surface area (Å²) in [6.45, 7) is 13.8. The monoisotopic (exact) mass is 871 g/mol. The van der Waals surface area contributed by atoms with E-state index in [0.29, 0.717) is 35.7 Å². The largest absolute Gasteiger partial charge is 0.510 e. The highest BCUT2D eigenvalue weighted by atomic mass is 16.6. The van der Waals surface area contributed by atoms with Gasteiger partial charge in [0.15, 0.2) is 17.1 Å². The van der Waals surface area contributed by atoms with Crippen molar-refractivity contribution in [2.24, 2.45) is 63.9 Å². The molecule has 0 aromatic heterocycles. The molecule has 3 fully saturated rings. The van der Waals surface area contributed by atoms with Gasteiger partial charge in [-0.3, -0.25) is 24.6 Å². The maximum absolute atomic E-state index is 14.4. The number of hydrogen-bond donors (Lipinski definition) is 7. The second-order valence-corrected chi connectivity index (χ2v) is 21.7. The molecule has 2 amide bonds. The molecule has 0 aliphatic heterocycles. The number of Topliss-reactive ketones (excluding diaryl/α,β-unsaturated/α-hetero) is 2. The van der Waals surface area contributed by atoms with Crippen LogP contribution in [0.5, 0.6) is 5.75 Å². The first kappa shape index (κ1) is 45.4. The van der Waals surface area contributed by atoms with Crippen molar-refractivity contribution in [1.29, 1.82) is 0 Å². The molecule has 8 rings (SSSR count). The summed E-state index contributed by atoms with van der Waals surface area (Å²) in [6.07, 6.45) is 12.0. The van der Waals surface area contributed by atoms with E-state index in [2.05, 4.69) is 46.0 Å². The Balaban J connectivity index is 0.980. The van der Waals surface area contributed by atoms with E-state index in [1.807, 2.05) is 0 Å². The zero-order valence-electron chi connectivity index (χ0n) is 38.2. The van der Waals surface area contributed by atoms with Gasteiger partial charge in [0.25, 0.3) is 5.91 Å². The predicted molar refractivity (Wildman–Crippen MR) is 237 cm³/mol. The van der Waals surface area contributed by atoms with Gasteiger partial charge in [-0.25, -0.2) is 4.79 Å². The quantitative estimate of drug-likeness (QED) is 0.0727. The number of carbonyl (C=O) groups is 4. The molecule has 344 valence electrons. The molecule has 63 heavy (non-hydrogen) atoms. The third-order valence-corrected chi connectivity index (χ3v) is 17.9. The van der Waals surface area contributed by atoms with Crippen molar-refractivity contribution in [3.8, 4) is 5.75 Å². The predicted octanol–water partition coefficient (Wildman–Crippen LogP) is 7.61. The van der Waals surface area contributed by atoms with Crippen LogP contribution in [-0.4, -0.2) is 91.9 Å². The SMILES string of the molecule is CC(C)CCC[C@H](C)[C@H]1CCC2C3CC=C4CC(OC(=O)Nc5ccc6c(c5O)C(=O)C5=C(O)[C@]7(O)C(=O)C(C(N)=O)=C(O)[C@H](N(C)C)[C@H]7[C@@H](O)[C@H]5[C@@H]6C)CC[C@]4(C)C3CC[C@@]21C. The zero-order chi connectivity index (χ0) is 45.8. The number of aromatic hydroxyl groups is 1. The average molecular weight is 872 g/mol. The third-order valence-electron chi connectivity index (χ3n) is 17.9. The van der Waals surface area contributed by atoms with E-state index in [1.165, 1.54) is 81.6 Å². The lowest BCUT2D eigenvalue weighted by atomic mass is 9.47. The number of benzene rings is 1. The Morgan fingerprint density at radius 1 is 1.00 bits per heavy atom. The summed E-state index contributed by atoms with van der Waals surface area (Å²) in [5.41, 5.74) is 2.64. The van der Waals surface area contributed by atoms with Crippen molar-refractivity contribution in [2.75, 3.05) is 19.4 Å². The number of rotatable bonds is 9. The van der Waals surface area contributed by atoms with Gasteiger partial charge >= 0.3 is 6.09 Å². The Bertz CT molecular complexity index is 2190. The number of allylic oxidation sites excluding steroid dienone is 1. The topological polar surface area (TPSA) is 220 Å².